The summed E-state index contributed by atoms with van der Waals surface area (Å²) in [5.41, 5.74) is 0. The molecule has 0 amide bonds. The van der Waals surface area contributed by atoms with Crippen molar-refractivity contribution in [3.8, 4) is 0 Å². The van der Waals surface area contributed by atoms with E-state index in [2.05, 4.69) is 19.9 Å². The molecular formula is C10H15NO2. The van der Waals surface area contributed by atoms with Gasteiger partial charge < -0.3 is 0 Å². The molecule has 0 N–H and O–H groups in total. The van der Waals surface area contributed by atoms with Crippen molar-refractivity contribution in [1.82, 2.24) is 0 Å². The second-order valence-corrected chi connectivity index (χ2v) is 4.55. The molecule has 3 nitrogen and oxygen atoms in total. The predicted molar refractivity (Wildman–Crippen MR) is 49.8 cm³/mol. The average Bonchev–Trinajstić information content (AvgIpc) is 2.60. The van der Waals surface area contributed by atoms with Crippen LogP contribution in [0.5, 0.6) is 0 Å². The predicted octanol–water partition coefficient (Wildman–Crippen LogP) is 2.11. The normalized spacial score (nSPS) is 41.8. The third kappa shape index (κ3) is 1.18. The lowest BCUT2D eigenvalue weighted by atomic mass is 9.81. The first-order valence-electron chi connectivity index (χ1n) is 4.93. The fourth-order valence-electron chi connectivity index (χ4n) is 3.02. The average molecular weight is 181 g/mol. The van der Waals surface area contributed by atoms with Crippen molar-refractivity contribution >= 4 is 0 Å². The molecule has 0 heterocycles. The zero-order valence-corrected chi connectivity index (χ0v) is 8.01. The van der Waals surface area contributed by atoms with Crippen molar-refractivity contribution in [2.45, 2.75) is 26.3 Å². The van der Waals surface area contributed by atoms with Crippen LogP contribution in [0.3, 0.4) is 0 Å². The molecule has 0 aliphatic heterocycles. The van der Waals surface area contributed by atoms with Crippen LogP contribution < -0.4 is 0 Å². The highest BCUT2D eigenvalue weighted by molar-refractivity contribution is 5.14. The number of hydrogen-bond donors (Lipinski definition) is 0. The van der Waals surface area contributed by atoms with Crippen LogP contribution in [0, 0.1) is 33.8 Å². The Morgan fingerprint density at radius 3 is 2.46 bits per heavy atom. The Hall–Kier alpha value is -0.860. The molecule has 0 aromatic rings. The molecule has 0 aromatic heterocycles. The van der Waals surface area contributed by atoms with Gasteiger partial charge in [0.05, 0.1) is 0 Å². The van der Waals surface area contributed by atoms with Gasteiger partial charge in [0.25, 0.3) is 0 Å². The van der Waals surface area contributed by atoms with E-state index in [-0.39, 0.29) is 22.8 Å². The zero-order valence-electron chi connectivity index (χ0n) is 8.01. The molecule has 2 bridgehead atoms. The molecule has 4 atom stereocenters. The minimum atomic E-state index is -0.310. The van der Waals surface area contributed by atoms with Crippen LogP contribution in [-0.4, -0.2) is 11.0 Å². The van der Waals surface area contributed by atoms with E-state index in [1.54, 1.807) is 0 Å². The molecule has 1 fully saturated rings. The number of nitrogens with zero attached hydrogens (tertiary/aromatic N) is 1. The Balaban J connectivity index is 2.25. The van der Waals surface area contributed by atoms with Crippen molar-refractivity contribution in [3.63, 3.8) is 0 Å². The first-order valence-corrected chi connectivity index (χ1v) is 4.93. The standard InChI is InChI=1S/C10H15NO2/c1-6(2)9-7-3-4-8(5-7)10(9)11(12)13/h3-4,6-10H,5H2,1-2H3/t7-,8?,9?,10+/m0/s1. The maximum atomic E-state index is 10.9. The van der Waals surface area contributed by atoms with Gasteiger partial charge in [0.15, 0.2) is 0 Å². The number of nitro groups is 1. The second-order valence-electron chi connectivity index (χ2n) is 4.55. The van der Waals surface area contributed by atoms with Crippen LogP contribution in [0.4, 0.5) is 0 Å². The van der Waals surface area contributed by atoms with Gasteiger partial charge in [0, 0.05) is 16.8 Å². The molecular weight excluding hydrogens is 166 g/mol. The lowest BCUT2D eigenvalue weighted by Gasteiger charge is -2.24. The molecule has 0 spiro atoms. The molecule has 2 unspecified atom stereocenters. The van der Waals surface area contributed by atoms with Crippen LogP contribution in [0.25, 0.3) is 0 Å². The maximum Gasteiger partial charge on any atom is 0.222 e. The van der Waals surface area contributed by atoms with Gasteiger partial charge >= 0.3 is 0 Å². The first kappa shape index (κ1) is 8.73. The van der Waals surface area contributed by atoms with Gasteiger partial charge in [-0.3, -0.25) is 10.1 Å². The van der Waals surface area contributed by atoms with Crippen molar-refractivity contribution < 1.29 is 4.92 Å². The number of fused-ring (bicyclic) bond motifs is 2. The molecule has 0 saturated heterocycles. The van der Waals surface area contributed by atoms with Crippen LogP contribution in [0.2, 0.25) is 0 Å². The van der Waals surface area contributed by atoms with E-state index >= 15 is 0 Å². The Labute approximate surface area is 78.0 Å². The molecule has 72 valence electrons. The molecule has 1 saturated carbocycles. The molecule has 0 aromatic carbocycles. The minimum absolute atomic E-state index is 0.0706. The van der Waals surface area contributed by atoms with Gasteiger partial charge in [0.2, 0.25) is 6.04 Å². The summed E-state index contributed by atoms with van der Waals surface area (Å²) in [5.74, 6) is 1.38. The SMILES string of the molecule is CC(C)C1[C@H]([N+](=O)[O-])C2C=C[C@H]1C2. The summed E-state index contributed by atoms with van der Waals surface area (Å²) in [7, 11) is 0. The van der Waals surface area contributed by atoms with Gasteiger partial charge in [-0.25, -0.2) is 0 Å². The van der Waals surface area contributed by atoms with Crippen molar-refractivity contribution in [3.05, 3.63) is 22.3 Å². The van der Waals surface area contributed by atoms with E-state index in [1.807, 2.05) is 6.08 Å². The largest absolute Gasteiger partial charge is 0.264 e. The quantitative estimate of drug-likeness (QED) is 0.372. The Morgan fingerprint density at radius 1 is 1.38 bits per heavy atom. The fourth-order valence-corrected chi connectivity index (χ4v) is 3.02. The summed E-state index contributed by atoms with van der Waals surface area (Å²) in [6, 6.07) is -0.310. The highest BCUT2D eigenvalue weighted by Crippen LogP contribution is 2.47. The van der Waals surface area contributed by atoms with Crippen LogP contribution in [-0.2, 0) is 0 Å². The van der Waals surface area contributed by atoms with Crippen LogP contribution in [0.15, 0.2) is 12.2 Å². The lowest BCUT2D eigenvalue weighted by Crippen LogP contribution is -2.35. The summed E-state index contributed by atoms with van der Waals surface area (Å²) in [6.07, 6.45) is 5.22. The second kappa shape index (κ2) is 2.82. The van der Waals surface area contributed by atoms with E-state index in [0.29, 0.717) is 11.8 Å². The Bertz CT molecular complexity index is 260. The topological polar surface area (TPSA) is 43.1 Å². The van der Waals surface area contributed by atoms with E-state index < -0.39 is 0 Å². The van der Waals surface area contributed by atoms with Gasteiger partial charge in [0.1, 0.15) is 0 Å². The van der Waals surface area contributed by atoms with E-state index in [0.717, 1.165) is 6.42 Å². The van der Waals surface area contributed by atoms with Crippen molar-refractivity contribution in [2.75, 3.05) is 0 Å². The third-order valence-electron chi connectivity index (χ3n) is 3.49. The highest BCUT2D eigenvalue weighted by atomic mass is 16.6. The monoisotopic (exact) mass is 181 g/mol. The number of allylic oxidation sites excluding steroid dienone is 1. The van der Waals surface area contributed by atoms with E-state index in [4.69, 9.17) is 0 Å². The lowest BCUT2D eigenvalue weighted by molar-refractivity contribution is -0.537. The van der Waals surface area contributed by atoms with Crippen LogP contribution >= 0.6 is 0 Å². The van der Waals surface area contributed by atoms with Gasteiger partial charge in [-0.2, -0.15) is 0 Å². The number of hydrogen-bond acceptors (Lipinski definition) is 2. The summed E-state index contributed by atoms with van der Waals surface area (Å²) in [6.45, 7) is 4.19. The summed E-state index contributed by atoms with van der Waals surface area (Å²) >= 11 is 0. The van der Waals surface area contributed by atoms with Crippen molar-refractivity contribution in [2.24, 2.45) is 23.7 Å². The van der Waals surface area contributed by atoms with E-state index in [1.165, 1.54) is 0 Å². The minimum Gasteiger partial charge on any atom is -0.264 e. The highest BCUT2D eigenvalue weighted by Gasteiger charge is 2.52. The van der Waals surface area contributed by atoms with Gasteiger partial charge in [-0.05, 0) is 18.3 Å². The third-order valence-corrected chi connectivity index (χ3v) is 3.49. The molecule has 13 heavy (non-hydrogen) atoms. The maximum absolute atomic E-state index is 10.9. The molecule has 0 radical (unpaired) electrons. The Kier molecular flexibility index (Phi) is 1.90. The smallest absolute Gasteiger partial charge is 0.222 e. The van der Waals surface area contributed by atoms with E-state index in [9.17, 15) is 10.1 Å². The molecule has 2 aliphatic carbocycles. The van der Waals surface area contributed by atoms with Crippen LogP contribution in [0.1, 0.15) is 20.3 Å². The molecule has 2 aliphatic rings. The van der Waals surface area contributed by atoms with Crippen molar-refractivity contribution in [1.29, 1.82) is 0 Å². The molecule has 3 heteroatoms. The first-order chi connectivity index (χ1) is 6.11. The van der Waals surface area contributed by atoms with Gasteiger partial charge in [-0.15, -0.1) is 0 Å². The summed E-state index contributed by atoms with van der Waals surface area (Å²) in [5, 5.41) is 10.9. The summed E-state index contributed by atoms with van der Waals surface area (Å²) < 4.78 is 0. The Morgan fingerprint density at radius 2 is 2.00 bits per heavy atom. The fraction of sp³-hybridized carbons (Fsp3) is 0.800. The zero-order chi connectivity index (χ0) is 9.59. The molecule has 2 rings (SSSR count). The number of rotatable bonds is 2. The van der Waals surface area contributed by atoms with Gasteiger partial charge in [-0.1, -0.05) is 26.0 Å². The summed E-state index contributed by atoms with van der Waals surface area (Å²) in [4.78, 5) is 10.8.